The van der Waals surface area contributed by atoms with Crippen LogP contribution in [-0.2, 0) is 14.8 Å². The van der Waals surface area contributed by atoms with Gasteiger partial charge in [0.05, 0.1) is 10.5 Å². The van der Waals surface area contributed by atoms with Gasteiger partial charge in [0, 0.05) is 18.8 Å². The van der Waals surface area contributed by atoms with Gasteiger partial charge in [-0.05, 0) is 51.1 Å². The molecular formula is C20H24FN3O5S. The van der Waals surface area contributed by atoms with E-state index in [9.17, 15) is 22.4 Å². The predicted octanol–water partition coefficient (Wildman–Crippen LogP) is 2.88. The Kier molecular flexibility index (Phi) is 7.52. The van der Waals surface area contributed by atoms with Gasteiger partial charge in [0.15, 0.2) is 0 Å². The number of carbonyl (C=O) groups excluding carboxylic acids is 2. The highest BCUT2D eigenvalue weighted by molar-refractivity contribution is 7.89. The zero-order chi connectivity index (χ0) is 22.4. The lowest BCUT2D eigenvalue weighted by Gasteiger charge is -2.19. The van der Waals surface area contributed by atoms with Gasteiger partial charge >= 0.3 is 6.09 Å². The Morgan fingerprint density at radius 1 is 1.03 bits per heavy atom. The van der Waals surface area contributed by atoms with E-state index in [0.29, 0.717) is 0 Å². The highest BCUT2D eigenvalue weighted by Gasteiger charge is 2.18. The number of carbonyl (C=O) groups is 2. The van der Waals surface area contributed by atoms with Crippen molar-refractivity contribution < 1.29 is 27.1 Å². The molecule has 2 amide bonds. The van der Waals surface area contributed by atoms with E-state index in [4.69, 9.17) is 4.74 Å². The maximum absolute atomic E-state index is 13.7. The quantitative estimate of drug-likeness (QED) is 0.577. The lowest BCUT2D eigenvalue weighted by atomic mass is 10.2. The molecule has 2 aromatic carbocycles. The molecule has 0 bridgehead atoms. The summed E-state index contributed by atoms with van der Waals surface area (Å²) < 4.78 is 46.0. The second kappa shape index (κ2) is 9.68. The molecule has 0 saturated carbocycles. The fourth-order valence-corrected chi connectivity index (χ4v) is 3.41. The Morgan fingerprint density at radius 2 is 1.73 bits per heavy atom. The second-order valence-electron chi connectivity index (χ2n) is 7.29. The van der Waals surface area contributed by atoms with Gasteiger partial charge in [-0.3, -0.25) is 4.79 Å². The molecule has 0 aliphatic rings. The number of ether oxygens (including phenoxy) is 1. The Morgan fingerprint density at radius 3 is 2.40 bits per heavy atom. The van der Waals surface area contributed by atoms with E-state index in [1.165, 1.54) is 42.5 Å². The number of anilines is 1. The van der Waals surface area contributed by atoms with E-state index in [-0.39, 0.29) is 29.2 Å². The molecule has 162 valence electrons. The summed E-state index contributed by atoms with van der Waals surface area (Å²) in [6.07, 6.45) is -0.653. The van der Waals surface area contributed by atoms with Crippen LogP contribution in [0.2, 0.25) is 0 Å². The molecule has 0 spiro atoms. The molecule has 0 fully saturated rings. The highest BCUT2D eigenvalue weighted by atomic mass is 32.2. The number of alkyl carbamates (subject to hydrolysis) is 1. The largest absolute Gasteiger partial charge is 0.444 e. The first-order chi connectivity index (χ1) is 14.0. The predicted molar refractivity (Wildman–Crippen MR) is 110 cm³/mol. The number of sulfonamides is 1. The minimum atomic E-state index is -3.89. The lowest BCUT2D eigenvalue weighted by molar-refractivity contribution is 0.0528. The summed E-state index contributed by atoms with van der Waals surface area (Å²) in [6, 6.07) is 11.0. The van der Waals surface area contributed by atoms with Crippen molar-refractivity contribution >= 4 is 27.7 Å². The third-order valence-corrected chi connectivity index (χ3v) is 5.06. The minimum Gasteiger partial charge on any atom is -0.444 e. The standard InChI is InChI=1S/C20H24FN3O5S/c1-20(2,3)29-19(26)22-11-12-23-30(27,28)15-8-6-7-14(13-15)24-18(25)16-9-4-5-10-17(16)21/h4-10,13,23H,11-12H2,1-3H3,(H,22,26)(H,24,25). The first-order valence-corrected chi connectivity index (χ1v) is 10.6. The summed E-state index contributed by atoms with van der Waals surface area (Å²) in [6.45, 7) is 5.11. The van der Waals surface area contributed by atoms with E-state index in [0.717, 1.165) is 6.07 Å². The van der Waals surface area contributed by atoms with Crippen molar-refractivity contribution in [1.82, 2.24) is 10.0 Å². The zero-order valence-electron chi connectivity index (χ0n) is 16.9. The fraction of sp³-hybridized carbons (Fsp3) is 0.300. The van der Waals surface area contributed by atoms with Crippen LogP contribution in [0.4, 0.5) is 14.9 Å². The van der Waals surface area contributed by atoms with E-state index < -0.39 is 33.4 Å². The summed E-state index contributed by atoms with van der Waals surface area (Å²) in [7, 11) is -3.89. The Hall–Kier alpha value is -2.98. The first kappa shape index (κ1) is 23.3. The molecule has 30 heavy (non-hydrogen) atoms. The van der Waals surface area contributed by atoms with Crippen LogP contribution in [0.15, 0.2) is 53.4 Å². The van der Waals surface area contributed by atoms with Crippen molar-refractivity contribution in [3.8, 4) is 0 Å². The first-order valence-electron chi connectivity index (χ1n) is 9.10. The van der Waals surface area contributed by atoms with Gasteiger partial charge in [-0.15, -0.1) is 0 Å². The second-order valence-corrected chi connectivity index (χ2v) is 9.06. The van der Waals surface area contributed by atoms with Crippen molar-refractivity contribution in [2.24, 2.45) is 0 Å². The van der Waals surface area contributed by atoms with Gasteiger partial charge in [-0.1, -0.05) is 18.2 Å². The summed E-state index contributed by atoms with van der Waals surface area (Å²) in [5, 5.41) is 4.91. The van der Waals surface area contributed by atoms with Crippen LogP contribution in [0.1, 0.15) is 31.1 Å². The monoisotopic (exact) mass is 437 g/mol. The molecule has 0 heterocycles. The average Bonchev–Trinajstić information content (AvgIpc) is 2.64. The van der Waals surface area contributed by atoms with Crippen LogP contribution in [0.5, 0.6) is 0 Å². The van der Waals surface area contributed by atoms with Crippen LogP contribution in [0, 0.1) is 5.82 Å². The Balaban J connectivity index is 1.96. The summed E-state index contributed by atoms with van der Waals surface area (Å²) in [5.74, 6) is -1.38. The number of hydrogen-bond acceptors (Lipinski definition) is 5. The number of benzene rings is 2. The smallest absolute Gasteiger partial charge is 0.407 e. The van der Waals surface area contributed by atoms with Gasteiger partial charge in [-0.2, -0.15) is 0 Å². The normalized spacial score (nSPS) is 11.6. The van der Waals surface area contributed by atoms with Crippen LogP contribution < -0.4 is 15.4 Å². The number of rotatable bonds is 7. The molecule has 3 N–H and O–H groups in total. The van der Waals surface area contributed by atoms with Crippen molar-refractivity contribution in [3.05, 3.63) is 59.9 Å². The summed E-state index contributed by atoms with van der Waals surface area (Å²) in [5.41, 5.74) is -0.618. The summed E-state index contributed by atoms with van der Waals surface area (Å²) >= 11 is 0. The Bertz CT molecular complexity index is 1020. The van der Waals surface area contributed by atoms with Crippen LogP contribution in [0.25, 0.3) is 0 Å². The molecule has 0 unspecified atom stereocenters. The van der Waals surface area contributed by atoms with Crippen LogP contribution >= 0.6 is 0 Å². The van der Waals surface area contributed by atoms with Crippen molar-refractivity contribution in [3.63, 3.8) is 0 Å². The molecule has 8 nitrogen and oxygen atoms in total. The molecule has 10 heteroatoms. The number of halogens is 1. The fourth-order valence-electron chi connectivity index (χ4n) is 2.33. The lowest BCUT2D eigenvalue weighted by Crippen LogP contribution is -2.37. The van der Waals surface area contributed by atoms with Gasteiger partial charge < -0.3 is 15.4 Å². The maximum atomic E-state index is 13.7. The molecule has 0 aromatic heterocycles. The molecule has 0 aliphatic heterocycles. The molecule has 0 atom stereocenters. The SMILES string of the molecule is CC(C)(C)OC(=O)NCCNS(=O)(=O)c1cccc(NC(=O)c2ccccc2F)c1. The van der Waals surface area contributed by atoms with Crippen molar-refractivity contribution in [1.29, 1.82) is 0 Å². The third-order valence-electron chi connectivity index (χ3n) is 3.61. The van der Waals surface area contributed by atoms with E-state index in [1.54, 1.807) is 20.8 Å². The van der Waals surface area contributed by atoms with E-state index >= 15 is 0 Å². The number of nitrogens with one attached hydrogen (secondary N) is 3. The Labute approximate surface area is 174 Å². The average molecular weight is 437 g/mol. The van der Waals surface area contributed by atoms with Crippen LogP contribution in [0.3, 0.4) is 0 Å². The molecule has 2 rings (SSSR count). The number of amides is 2. The van der Waals surface area contributed by atoms with Gasteiger partial charge in [0.25, 0.3) is 5.91 Å². The molecule has 0 saturated heterocycles. The maximum Gasteiger partial charge on any atom is 0.407 e. The molecule has 2 aromatic rings. The van der Waals surface area contributed by atoms with E-state index in [2.05, 4.69) is 15.4 Å². The minimum absolute atomic E-state index is 0.0256. The van der Waals surface area contributed by atoms with Crippen molar-refractivity contribution in [2.45, 2.75) is 31.3 Å². The van der Waals surface area contributed by atoms with E-state index in [1.807, 2.05) is 0 Å². The topological polar surface area (TPSA) is 114 Å². The van der Waals surface area contributed by atoms with Crippen molar-refractivity contribution in [2.75, 3.05) is 18.4 Å². The van der Waals surface area contributed by atoms with Gasteiger partial charge in [0.2, 0.25) is 10.0 Å². The highest BCUT2D eigenvalue weighted by Crippen LogP contribution is 2.17. The zero-order valence-corrected chi connectivity index (χ0v) is 17.7. The molecular weight excluding hydrogens is 413 g/mol. The van der Waals surface area contributed by atoms with Gasteiger partial charge in [-0.25, -0.2) is 22.3 Å². The molecule has 0 radical (unpaired) electrons. The molecule has 0 aliphatic carbocycles. The number of hydrogen-bond donors (Lipinski definition) is 3. The van der Waals surface area contributed by atoms with Gasteiger partial charge in [0.1, 0.15) is 11.4 Å². The summed E-state index contributed by atoms with van der Waals surface area (Å²) in [4.78, 5) is 23.7. The third kappa shape index (κ3) is 7.12. The van der Waals surface area contributed by atoms with Crippen LogP contribution in [-0.4, -0.2) is 39.1 Å².